The minimum Gasteiger partial charge on any atom is -0.494 e. The van der Waals surface area contributed by atoms with Crippen LogP contribution in [0.4, 0.5) is 4.39 Å². The van der Waals surface area contributed by atoms with Crippen molar-refractivity contribution in [3.63, 3.8) is 0 Å². The van der Waals surface area contributed by atoms with Crippen molar-refractivity contribution < 1.29 is 27.4 Å². The maximum absolute atomic E-state index is 14.0. The van der Waals surface area contributed by atoms with E-state index >= 15 is 0 Å². The molecule has 8 nitrogen and oxygen atoms in total. The number of carboxylic acid groups (broad SMARTS) is 1. The number of nitrogens with zero attached hydrogens (tertiary/aromatic N) is 3. The highest BCUT2D eigenvalue weighted by Gasteiger charge is 2.58. The molecule has 2 heterocycles. The number of carbonyl (C=O) groups is 1. The first-order valence-electron chi connectivity index (χ1n) is 10.4. The predicted octanol–water partition coefficient (Wildman–Crippen LogP) is 2.84. The van der Waals surface area contributed by atoms with Crippen molar-refractivity contribution in [1.29, 1.82) is 0 Å². The molecule has 1 aliphatic heterocycles. The molecule has 1 aromatic heterocycles. The lowest BCUT2D eigenvalue weighted by atomic mass is 10.1. The smallest absolute Gasteiger partial charge is 0.309 e. The van der Waals surface area contributed by atoms with Crippen molar-refractivity contribution in [2.75, 3.05) is 13.2 Å². The molecular weight excluding hydrogens is 437 g/mol. The third kappa shape index (κ3) is 3.43. The number of fused-ring (bicyclic) bond motifs is 2. The van der Waals surface area contributed by atoms with Gasteiger partial charge in [-0.1, -0.05) is 0 Å². The van der Waals surface area contributed by atoms with Crippen LogP contribution < -0.4 is 4.74 Å². The summed E-state index contributed by atoms with van der Waals surface area (Å²) in [5.41, 5.74) is 0.828. The van der Waals surface area contributed by atoms with Gasteiger partial charge in [-0.25, -0.2) is 12.8 Å². The van der Waals surface area contributed by atoms with Crippen LogP contribution in [0.3, 0.4) is 0 Å². The van der Waals surface area contributed by atoms with E-state index in [0.717, 1.165) is 0 Å². The Balaban J connectivity index is 1.48. The largest absolute Gasteiger partial charge is 0.494 e. The molecule has 0 unspecified atom stereocenters. The first kappa shape index (κ1) is 20.9. The average Bonchev–Trinajstić information content (AvgIpc) is 3.32. The molecule has 2 aromatic carbocycles. The summed E-state index contributed by atoms with van der Waals surface area (Å²) in [7, 11) is -3.72. The van der Waals surface area contributed by atoms with Crippen LogP contribution in [0.15, 0.2) is 47.4 Å². The Morgan fingerprint density at radius 3 is 2.66 bits per heavy atom. The van der Waals surface area contributed by atoms with E-state index in [2.05, 4.69) is 5.10 Å². The quantitative estimate of drug-likeness (QED) is 0.583. The van der Waals surface area contributed by atoms with E-state index in [9.17, 15) is 22.7 Å². The fourth-order valence-corrected chi connectivity index (χ4v) is 6.35. The monoisotopic (exact) mass is 459 g/mol. The number of rotatable bonds is 7. The van der Waals surface area contributed by atoms with Crippen LogP contribution >= 0.6 is 0 Å². The molecule has 5 rings (SSSR count). The number of ether oxygens (including phenoxy) is 1. The summed E-state index contributed by atoms with van der Waals surface area (Å²) in [4.78, 5) is 11.5. The zero-order valence-electron chi connectivity index (χ0n) is 17.3. The van der Waals surface area contributed by atoms with Crippen molar-refractivity contribution in [3.8, 4) is 5.75 Å². The van der Waals surface area contributed by atoms with E-state index in [1.807, 2.05) is 6.92 Å². The number of aliphatic carboxylic acids is 1. The van der Waals surface area contributed by atoms with Crippen LogP contribution in [-0.4, -0.2) is 52.8 Å². The Hall–Kier alpha value is -2.98. The van der Waals surface area contributed by atoms with E-state index < -0.39 is 21.8 Å². The van der Waals surface area contributed by atoms with Gasteiger partial charge in [0, 0.05) is 23.9 Å². The Bertz CT molecular complexity index is 1310. The lowest BCUT2D eigenvalue weighted by Gasteiger charge is -2.21. The molecule has 168 valence electrons. The number of hydrogen-bond acceptors (Lipinski definition) is 5. The van der Waals surface area contributed by atoms with Gasteiger partial charge < -0.3 is 9.84 Å². The van der Waals surface area contributed by atoms with Crippen molar-refractivity contribution in [2.45, 2.75) is 36.7 Å². The highest BCUT2D eigenvalue weighted by Crippen LogP contribution is 2.53. The fraction of sp³-hybridized carbons (Fsp3) is 0.364. The Morgan fingerprint density at radius 2 is 1.97 bits per heavy atom. The van der Waals surface area contributed by atoms with Gasteiger partial charge in [0.25, 0.3) is 0 Å². The lowest BCUT2D eigenvalue weighted by Crippen LogP contribution is -2.33. The minimum atomic E-state index is -3.72. The predicted molar refractivity (Wildman–Crippen MR) is 113 cm³/mol. The van der Waals surface area contributed by atoms with Gasteiger partial charge in [0.05, 0.1) is 35.2 Å². The number of piperidine rings is 1. The van der Waals surface area contributed by atoms with Crippen molar-refractivity contribution in [2.24, 2.45) is 5.92 Å². The van der Waals surface area contributed by atoms with Gasteiger partial charge in [-0.05, 0) is 55.8 Å². The van der Waals surface area contributed by atoms with E-state index in [0.29, 0.717) is 35.4 Å². The SMILES string of the molecule is CCOc1ccc(S(=O)(=O)N2C[C@H](n3nc(CC(=O)O)c4ccc(F)cc43)[C@H]3C[C@H]32)cc1. The molecular formula is C22H22FN3O5S. The molecule has 0 spiro atoms. The molecule has 3 atom stereocenters. The van der Waals surface area contributed by atoms with Crippen LogP contribution in [0, 0.1) is 11.7 Å². The van der Waals surface area contributed by atoms with Gasteiger partial charge in [0.1, 0.15) is 11.6 Å². The third-order valence-electron chi connectivity index (χ3n) is 6.16. The number of hydrogen-bond donors (Lipinski definition) is 1. The van der Waals surface area contributed by atoms with Crippen LogP contribution in [0.25, 0.3) is 10.9 Å². The third-order valence-corrected chi connectivity index (χ3v) is 8.06. The second kappa shape index (κ2) is 7.56. The van der Waals surface area contributed by atoms with Gasteiger partial charge in [0.15, 0.2) is 0 Å². The highest BCUT2D eigenvalue weighted by molar-refractivity contribution is 7.89. The maximum atomic E-state index is 14.0. The van der Waals surface area contributed by atoms with Gasteiger partial charge >= 0.3 is 5.97 Å². The van der Waals surface area contributed by atoms with Gasteiger partial charge in [-0.2, -0.15) is 9.40 Å². The number of sulfonamides is 1. The highest BCUT2D eigenvalue weighted by atomic mass is 32.2. The van der Waals surface area contributed by atoms with Crippen molar-refractivity contribution in [1.82, 2.24) is 14.1 Å². The summed E-state index contributed by atoms with van der Waals surface area (Å²) >= 11 is 0. The number of benzene rings is 2. The maximum Gasteiger partial charge on any atom is 0.309 e. The van der Waals surface area contributed by atoms with E-state index in [-0.39, 0.29) is 35.9 Å². The summed E-state index contributed by atoms with van der Waals surface area (Å²) in [6, 6.07) is 10.0. The molecule has 3 aromatic rings. The average molecular weight is 459 g/mol. The van der Waals surface area contributed by atoms with Gasteiger partial charge in [-0.3, -0.25) is 9.48 Å². The molecule has 32 heavy (non-hydrogen) atoms. The molecule has 0 bridgehead atoms. The lowest BCUT2D eigenvalue weighted by molar-refractivity contribution is -0.136. The standard InChI is InChI=1S/C22H22FN3O5S/c1-2-31-14-4-6-15(7-5-14)32(29,30)25-12-21(17-10-19(17)25)26-20-9-13(23)3-8-16(20)18(24-26)11-22(27)28/h3-9,17,19,21H,2,10-12H2,1H3,(H,27,28)/t17-,19+,21-/m0/s1. The van der Waals surface area contributed by atoms with Crippen LogP contribution in [0.2, 0.25) is 0 Å². The summed E-state index contributed by atoms with van der Waals surface area (Å²) in [5, 5.41) is 14.3. The first-order chi connectivity index (χ1) is 15.3. The van der Waals surface area contributed by atoms with Gasteiger partial charge in [-0.15, -0.1) is 0 Å². The van der Waals surface area contributed by atoms with Crippen LogP contribution in [-0.2, 0) is 21.2 Å². The summed E-state index contributed by atoms with van der Waals surface area (Å²) < 4.78 is 49.1. The van der Waals surface area contributed by atoms with Crippen molar-refractivity contribution >= 4 is 26.9 Å². The summed E-state index contributed by atoms with van der Waals surface area (Å²) in [5.74, 6) is -0.830. The van der Waals surface area contributed by atoms with Crippen LogP contribution in [0.1, 0.15) is 25.1 Å². The topological polar surface area (TPSA) is 102 Å². The second-order valence-corrected chi connectivity index (χ2v) is 10.0. The number of aromatic nitrogens is 2. The van der Waals surface area contributed by atoms with Crippen molar-refractivity contribution in [3.05, 3.63) is 54.0 Å². The van der Waals surface area contributed by atoms with E-state index in [1.54, 1.807) is 16.8 Å². The minimum absolute atomic E-state index is 0.0523. The Morgan fingerprint density at radius 1 is 1.22 bits per heavy atom. The molecule has 0 radical (unpaired) electrons. The number of halogens is 1. The van der Waals surface area contributed by atoms with Gasteiger partial charge in [0.2, 0.25) is 10.0 Å². The first-order valence-corrected chi connectivity index (χ1v) is 11.9. The molecule has 1 saturated carbocycles. The Kier molecular flexibility index (Phi) is 4.94. The van der Waals surface area contributed by atoms with E-state index in [4.69, 9.17) is 4.74 Å². The summed E-state index contributed by atoms with van der Waals surface area (Å²) in [6.07, 6.45) is 0.399. The second-order valence-electron chi connectivity index (χ2n) is 8.14. The molecule has 1 saturated heterocycles. The zero-order valence-corrected chi connectivity index (χ0v) is 18.1. The molecule has 2 fully saturated rings. The van der Waals surface area contributed by atoms with Crippen LogP contribution in [0.5, 0.6) is 5.75 Å². The zero-order chi connectivity index (χ0) is 22.6. The van der Waals surface area contributed by atoms with E-state index in [1.165, 1.54) is 34.6 Å². The normalized spacial score (nSPS) is 22.8. The molecule has 2 aliphatic rings. The fourth-order valence-electron chi connectivity index (χ4n) is 4.65. The molecule has 1 aliphatic carbocycles. The Labute approximate surface area is 184 Å². The number of carboxylic acids is 1. The molecule has 10 heteroatoms. The molecule has 1 N–H and O–H groups in total. The summed E-state index contributed by atoms with van der Waals surface area (Å²) in [6.45, 7) is 2.55. The molecule has 0 amide bonds.